The highest BCUT2D eigenvalue weighted by Gasteiger charge is 2.22. The van der Waals surface area contributed by atoms with Crippen molar-refractivity contribution in [3.8, 4) is 5.75 Å². The number of benzene rings is 1. The molecule has 0 atom stereocenters. The van der Waals surface area contributed by atoms with Crippen molar-refractivity contribution >= 4 is 57.6 Å². The van der Waals surface area contributed by atoms with E-state index in [0.29, 0.717) is 20.5 Å². The molecule has 0 amide bonds. The molecule has 20 heavy (non-hydrogen) atoms. The molecular formula is C13H9ClO4S2. The molecule has 1 N–H and O–H groups in total. The number of carbonyl (C=O) groups is 2. The highest BCUT2D eigenvalue weighted by molar-refractivity contribution is 8.27. The number of carboxylic acids is 1. The number of hydrogen-bond acceptors (Lipinski definition) is 5. The van der Waals surface area contributed by atoms with Gasteiger partial charge in [-0.15, -0.1) is 0 Å². The molecule has 0 bridgehead atoms. The van der Waals surface area contributed by atoms with Gasteiger partial charge in [0.15, 0.2) is 12.4 Å². The van der Waals surface area contributed by atoms with Crippen LogP contribution in [0.1, 0.15) is 12.0 Å². The van der Waals surface area contributed by atoms with E-state index in [1.807, 2.05) is 0 Å². The second-order valence-corrected chi connectivity index (χ2v) is 6.25. The minimum Gasteiger partial charge on any atom is -0.480 e. The molecule has 1 aromatic rings. The van der Waals surface area contributed by atoms with Crippen molar-refractivity contribution < 1.29 is 19.4 Å². The molecular weight excluding hydrogens is 320 g/mol. The quantitative estimate of drug-likeness (QED) is 0.676. The predicted molar refractivity (Wildman–Crippen MR) is 82.4 cm³/mol. The van der Waals surface area contributed by atoms with E-state index < -0.39 is 12.6 Å². The molecule has 0 radical (unpaired) electrons. The third kappa shape index (κ3) is 3.82. The average Bonchev–Trinajstić information content (AvgIpc) is 2.66. The van der Waals surface area contributed by atoms with Crippen LogP contribution in [0.4, 0.5) is 0 Å². The van der Waals surface area contributed by atoms with E-state index in [-0.39, 0.29) is 11.5 Å². The number of hydrogen-bond donors (Lipinski definition) is 1. The van der Waals surface area contributed by atoms with Crippen molar-refractivity contribution in [2.75, 3.05) is 6.61 Å². The van der Waals surface area contributed by atoms with E-state index >= 15 is 0 Å². The van der Waals surface area contributed by atoms with E-state index in [4.69, 9.17) is 33.7 Å². The summed E-state index contributed by atoms with van der Waals surface area (Å²) in [7, 11) is 0. The molecule has 0 aliphatic carbocycles. The van der Waals surface area contributed by atoms with Crippen molar-refractivity contribution in [1.29, 1.82) is 0 Å². The van der Waals surface area contributed by atoms with Gasteiger partial charge in [0.2, 0.25) is 0 Å². The van der Waals surface area contributed by atoms with E-state index in [0.717, 1.165) is 5.56 Å². The highest BCUT2D eigenvalue weighted by Crippen LogP contribution is 2.33. The first-order valence-corrected chi connectivity index (χ1v) is 7.15. The monoisotopic (exact) mass is 328 g/mol. The number of carboxylic acid groups (broad SMARTS) is 1. The Labute approximate surface area is 129 Å². The van der Waals surface area contributed by atoms with Crippen LogP contribution >= 0.6 is 35.6 Å². The Balaban J connectivity index is 2.17. The zero-order chi connectivity index (χ0) is 14.7. The molecule has 0 aromatic heterocycles. The lowest BCUT2D eigenvalue weighted by Crippen LogP contribution is -2.09. The van der Waals surface area contributed by atoms with E-state index in [2.05, 4.69) is 0 Å². The Bertz CT molecular complexity index is 625. The summed E-state index contributed by atoms with van der Waals surface area (Å²) in [6.07, 6.45) is 2.00. The van der Waals surface area contributed by atoms with E-state index in [9.17, 15) is 9.59 Å². The first-order valence-electron chi connectivity index (χ1n) is 5.55. The zero-order valence-electron chi connectivity index (χ0n) is 10.1. The normalized spacial score (nSPS) is 16.8. The Kier molecular flexibility index (Phi) is 4.80. The lowest BCUT2D eigenvalue weighted by atomic mass is 10.1. The molecule has 1 fully saturated rings. The Hall–Kier alpha value is -1.37. The molecule has 4 nitrogen and oxygen atoms in total. The van der Waals surface area contributed by atoms with Gasteiger partial charge in [-0.3, -0.25) is 4.79 Å². The summed E-state index contributed by atoms with van der Waals surface area (Å²) in [6, 6.07) is 4.88. The van der Waals surface area contributed by atoms with Gasteiger partial charge < -0.3 is 9.84 Å². The van der Waals surface area contributed by atoms with Crippen molar-refractivity contribution in [1.82, 2.24) is 0 Å². The number of allylic oxidation sites excluding steroid dienone is 1. The third-order valence-electron chi connectivity index (χ3n) is 2.41. The standard InChI is InChI=1S/C13H9ClO4S2/c14-8-3-7(1-2-10(8)18-6-12(16)17)4-11-9(15)5-13(19)20-11/h1-4H,5-6H2,(H,16,17)/b11-4+. The number of carbonyl (C=O) groups excluding carboxylic acids is 1. The van der Waals surface area contributed by atoms with Gasteiger partial charge >= 0.3 is 5.97 Å². The van der Waals surface area contributed by atoms with Gasteiger partial charge in [0.25, 0.3) is 0 Å². The summed E-state index contributed by atoms with van der Waals surface area (Å²) in [4.78, 5) is 22.6. The second kappa shape index (κ2) is 6.39. The SMILES string of the molecule is O=C(O)COc1ccc(/C=C2/SC(=S)CC2=O)cc1Cl. The maximum absolute atomic E-state index is 11.6. The molecule has 2 rings (SSSR count). The number of halogens is 1. The molecule has 1 aromatic carbocycles. The highest BCUT2D eigenvalue weighted by atomic mass is 35.5. The molecule has 0 spiro atoms. The summed E-state index contributed by atoms with van der Waals surface area (Å²) in [5.41, 5.74) is 0.734. The summed E-state index contributed by atoms with van der Waals surface area (Å²) >= 11 is 12.3. The predicted octanol–water partition coefficient (Wildman–Crippen LogP) is 3.18. The number of rotatable bonds is 4. The van der Waals surface area contributed by atoms with Gasteiger partial charge in [0.1, 0.15) is 5.75 Å². The summed E-state index contributed by atoms with van der Waals surface area (Å²) in [5.74, 6) is -0.784. The Morgan fingerprint density at radius 2 is 2.30 bits per heavy atom. The largest absolute Gasteiger partial charge is 0.480 e. The number of thioether (sulfide) groups is 1. The molecule has 1 aliphatic heterocycles. The Morgan fingerprint density at radius 3 is 2.85 bits per heavy atom. The van der Waals surface area contributed by atoms with E-state index in [1.165, 1.54) is 11.8 Å². The van der Waals surface area contributed by atoms with Crippen LogP contribution in [-0.4, -0.2) is 27.7 Å². The minimum atomic E-state index is -1.08. The first kappa shape index (κ1) is 15.0. The summed E-state index contributed by atoms with van der Waals surface area (Å²) in [6.45, 7) is -0.456. The number of ketones is 1. The molecule has 1 saturated heterocycles. The molecule has 1 heterocycles. The van der Waals surface area contributed by atoms with Gasteiger partial charge in [0.05, 0.1) is 20.5 Å². The lowest BCUT2D eigenvalue weighted by Gasteiger charge is -2.06. The van der Waals surface area contributed by atoms with Crippen LogP contribution in [-0.2, 0) is 9.59 Å². The molecule has 104 valence electrons. The molecule has 0 saturated carbocycles. The van der Waals surface area contributed by atoms with Crippen LogP contribution in [0, 0.1) is 0 Å². The number of ether oxygens (including phenoxy) is 1. The Morgan fingerprint density at radius 1 is 1.55 bits per heavy atom. The molecule has 1 aliphatic rings. The fourth-order valence-corrected chi connectivity index (χ4v) is 3.03. The van der Waals surface area contributed by atoms with Crippen LogP contribution in [0.15, 0.2) is 23.1 Å². The van der Waals surface area contributed by atoms with Gasteiger partial charge in [0, 0.05) is 0 Å². The number of Topliss-reactive ketones (excluding diaryl/α,β-unsaturated/α-hetero) is 1. The van der Waals surface area contributed by atoms with Gasteiger partial charge in [-0.1, -0.05) is 41.6 Å². The zero-order valence-corrected chi connectivity index (χ0v) is 12.5. The van der Waals surface area contributed by atoms with Crippen LogP contribution in [0.5, 0.6) is 5.75 Å². The van der Waals surface area contributed by atoms with Crippen LogP contribution in [0.3, 0.4) is 0 Å². The maximum Gasteiger partial charge on any atom is 0.341 e. The number of thiocarbonyl (C=S) groups is 1. The van der Waals surface area contributed by atoms with Crippen LogP contribution in [0.25, 0.3) is 6.08 Å². The van der Waals surface area contributed by atoms with Crippen molar-refractivity contribution in [3.63, 3.8) is 0 Å². The lowest BCUT2D eigenvalue weighted by molar-refractivity contribution is -0.139. The summed E-state index contributed by atoms with van der Waals surface area (Å²) in [5, 5.41) is 8.82. The van der Waals surface area contributed by atoms with Crippen molar-refractivity contribution in [2.45, 2.75) is 6.42 Å². The first-order chi connectivity index (χ1) is 9.45. The molecule has 7 heteroatoms. The topological polar surface area (TPSA) is 63.6 Å². The fourth-order valence-electron chi connectivity index (χ4n) is 1.56. The third-order valence-corrected chi connectivity index (χ3v) is 4.04. The second-order valence-electron chi connectivity index (χ2n) is 3.95. The minimum absolute atomic E-state index is 0.00215. The fraction of sp³-hybridized carbons (Fsp3) is 0.154. The average molecular weight is 329 g/mol. The van der Waals surface area contributed by atoms with Gasteiger partial charge in [-0.25, -0.2) is 4.79 Å². The number of aliphatic carboxylic acids is 1. The summed E-state index contributed by atoms with van der Waals surface area (Å²) < 4.78 is 5.68. The smallest absolute Gasteiger partial charge is 0.341 e. The maximum atomic E-state index is 11.6. The van der Waals surface area contributed by atoms with Crippen molar-refractivity contribution in [2.24, 2.45) is 0 Å². The van der Waals surface area contributed by atoms with Gasteiger partial charge in [-0.2, -0.15) is 0 Å². The van der Waals surface area contributed by atoms with Crippen molar-refractivity contribution in [3.05, 3.63) is 33.7 Å². The van der Waals surface area contributed by atoms with Crippen LogP contribution in [0.2, 0.25) is 5.02 Å². The van der Waals surface area contributed by atoms with Gasteiger partial charge in [-0.05, 0) is 23.8 Å². The van der Waals surface area contributed by atoms with Crippen LogP contribution < -0.4 is 4.74 Å². The molecule has 0 unspecified atom stereocenters. The van der Waals surface area contributed by atoms with E-state index in [1.54, 1.807) is 24.3 Å².